The average Bonchev–Trinajstić information content (AvgIpc) is 2.82. The van der Waals surface area contributed by atoms with Gasteiger partial charge in [-0.25, -0.2) is 9.18 Å². The highest BCUT2D eigenvalue weighted by Crippen LogP contribution is 2.40. The van der Waals surface area contributed by atoms with Crippen LogP contribution < -0.4 is 4.74 Å². The summed E-state index contributed by atoms with van der Waals surface area (Å²) >= 11 is 0. The van der Waals surface area contributed by atoms with Crippen molar-refractivity contribution >= 4 is 11.7 Å². The maximum absolute atomic E-state index is 14.5. The number of hydrogen-bond donors (Lipinski definition) is 0. The topological polar surface area (TPSA) is 48.0 Å². The molecule has 2 unspecified atom stereocenters. The molecule has 0 spiro atoms. The molecule has 2 heterocycles. The van der Waals surface area contributed by atoms with Crippen molar-refractivity contribution in [1.29, 1.82) is 0 Å². The van der Waals surface area contributed by atoms with Gasteiger partial charge in [-0.05, 0) is 57.7 Å². The van der Waals surface area contributed by atoms with Crippen LogP contribution in [0.25, 0.3) is 5.57 Å². The standard InChI is InChI=1S/C20H26FNO4/c1-20(2,3)26-19(23)22-14-5-6-15(22)10-13(9-14)17-8-7-16(11-18(17)21)25-12-24-4/h7-9,11,14-15H,5-6,10,12H2,1-4H3. The summed E-state index contributed by atoms with van der Waals surface area (Å²) in [6, 6.07) is 4.85. The molecule has 2 atom stereocenters. The van der Waals surface area contributed by atoms with E-state index in [4.69, 9.17) is 14.2 Å². The van der Waals surface area contributed by atoms with E-state index in [2.05, 4.69) is 0 Å². The van der Waals surface area contributed by atoms with Crippen LogP contribution in [0.5, 0.6) is 5.75 Å². The molecule has 0 N–H and O–H groups in total. The van der Waals surface area contributed by atoms with Crippen molar-refractivity contribution in [3.8, 4) is 5.75 Å². The first-order chi connectivity index (χ1) is 12.3. The largest absolute Gasteiger partial charge is 0.467 e. The lowest BCUT2D eigenvalue weighted by atomic mass is 9.94. The van der Waals surface area contributed by atoms with Crippen molar-refractivity contribution in [3.63, 3.8) is 0 Å². The number of carbonyl (C=O) groups excluding carboxylic acids is 1. The Bertz CT molecular complexity index is 710. The number of amides is 1. The Labute approximate surface area is 153 Å². The Morgan fingerprint density at radius 3 is 2.69 bits per heavy atom. The molecule has 2 aliphatic heterocycles. The van der Waals surface area contributed by atoms with Gasteiger partial charge in [-0.3, -0.25) is 4.90 Å². The van der Waals surface area contributed by atoms with Crippen molar-refractivity contribution in [3.05, 3.63) is 35.7 Å². The van der Waals surface area contributed by atoms with Gasteiger partial charge in [-0.15, -0.1) is 0 Å². The molecule has 1 amide bonds. The minimum atomic E-state index is -0.523. The van der Waals surface area contributed by atoms with Crippen LogP contribution in [0.1, 0.15) is 45.6 Å². The van der Waals surface area contributed by atoms with Gasteiger partial charge >= 0.3 is 6.09 Å². The first kappa shape index (κ1) is 18.7. The summed E-state index contributed by atoms with van der Waals surface area (Å²) in [6.45, 7) is 5.66. The third-order valence-corrected chi connectivity index (χ3v) is 4.63. The molecule has 1 saturated heterocycles. The Kier molecular flexibility index (Phi) is 5.23. The quantitative estimate of drug-likeness (QED) is 0.746. The molecule has 0 aromatic heterocycles. The molecule has 142 valence electrons. The molecular weight excluding hydrogens is 337 g/mol. The number of hydrogen-bond acceptors (Lipinski definition) is 4. The molecule has 1 aromatic rings. The van der Waals surface area contributed by atoms with Crippen molar-refractivity contribution in [2.45, 2.75) is 57.7 Å². The summed E-state index contributed by atoms with van der Waals surface area (Å²) < 4.78 is 30.2. The number of ether oxygens (including phenoxy) is 3. The molecule has 5 nitrogen and oxygen atoms in total. The summed E-state index contributed by atoms with van der Waals surface area (Å²) in [5.74, 6) is 0.109. The van der Waals surface area contributed by atoms with E-state index >= 15 is 0 Å². The summed E-state index contributed by atoms with van der Waals surface area (Å²) in [6.07, 6.45) is 4.13. The second-order valence-electron chi connectivity index (χ2n) is 7.77. The number of rotatable bonds is 4. The van der Waals surface area contributed by atoms with Crippen LogP contribution in [0.3, 0.4) is 0 Å². The second kappa shape index (κ2) is 7.27. The minimum Gasteiger partial charge on any atom is -0.467 e. The Hall–Kier alpha value is -2.08. The van der Waals surface area contributed by atoms with Crippen molar-refractivity contribution < 1.29 is 23.4 Å². The van der Waals surface area contributed by atoms with Crippen molar-refractivity contribution in [1.82, 2.24) is 4.90 Å². The van der Waals surface area contributed by atoms with Crippen LogP contribution in [-0.4, -0.2) is 42.6 Å². The number of benzene rings is 1. The maximum atomic E-state index is 14.5. The fourth-order valence-electron chi connectivity index (χ4n) is 3.60. The van der Waals surface area contributed by atoms with Crippen LogP contribution in [0.2, 0.25) is 0 Å². The molecule has 0 radical (unpaired) electrons. The summed E-state index contributed by atoms with van der Waals surface area (Å²) in [5.41, 5.74) is 0.980. The summed E-state index contributed by atoms with van der Waals surface area (Å²) in [4.78, 5) is 14.3. The number of carbonyl (C=O) groups is 1. The molecule has 2 bridgehead atoms. The average molecular weight is 363 g/mol. The van der Waals surface area contributed by atoms with Gasteiger partial charge < -0.3 is 14.2 Å². The van der Waals surface area contributed by atoms with Gasteiger partial charge in [0.2, 0.25) is 0 Å². The molecule has 6 heteroatoms. The van der Waals surface area contributed by atoms with Gasteiger partial charge in [0.15, 0.2) is 6.79 Å². The normalized spacial score (nSPS) is 22.2. The van der Waals surface area contributed by atoms with Crippen LogP contribution in [0, 0.1) is 5.82 Å². The predicted molar refractivity (Wildman–Crippen MR) is 96.4 cm³/mol. The van der Waals surface area contributed by atoms with E-state index < -0.39 is 5.60 Å². The molecular formula is C20H26FNO4. The Morgan fingerprint density at radius 2 is 2.08 bits per heavy atom. The molecule has 1 aromatic carbocycles. The lowest BCUT2D eigenvalue weighted by Crippen LogP contribution is -2.45. The van der Waals surface area contributed by atoms with E-state index in [1.165, 1.54) is 13.2 Å². The van der Waals surface area contributed by atoms with Gasteiger partial charge in [-0.2, -0.15) is 0 Å². The maximum Gasteiger partial charge on any atom is 0.411 e. The third-order valence-electron chi connectivity index (χ3n) is 4.63. The van der Waals surface area contributed by atoms with Gasteiger partial charge in [0.1, 0.15) is 17.2 Å². The van der Waals surface area contributed by atoms with E-state index in [0.29, 0.717) is 17.7 Å². The van der Waals surface area contributed by atoms with Gasteiger partial charge in [-0.1, -0.05) is 6.08 Å². The van der Waals surface area contributed by atoms with Gasteiger partial charge in [0.25, 0.3) is 0 Å². The Morgan fingerprint density at radius 1 is 1.31 bits per heavy atom. The van der Waals surface area contributed by atoms with Crippen LogP contribution >= 0.6 is 0 Å². The van der Waals surface area contributed by atoms with Crippen molar-refractivity contribution in [2.24, 2.45) is 0 Å². The highest BCUT2D eigenvalue weighted by Gasteiger charge is 2.41. The lowest BCUT2D eigenvalue weighted by molar-refractivity contribution is 0.0175. The predicted octanol–water partition coefficient (Wildman–Crippen LogP) is 4.36. The minimum absolute atomic E-state index is 0.0394. The SMILES string of the molecule is COCOc1ccc(C2=CC3CCC(C2)N3C(=O)OC(C)(C)C)c(F)c1. The Balaban J connectivity index is 1.78. The summed E-state index contributed by atoms with van der Waals surface area (Å²) in [5, 5.41) is 0. The van der Waals surface area contributed by atoms with Gasteiger partial charge in [0, 0.05) is 24.8 Å². The molecule has 26 heavy (non-hydrogen) atoms. The highest BCUT2D eigenvalue weighted by molar-refractivity contribution is 5.75. The van der Waals surface area contributed by atoms with E-state index in [9.17, 15) is 9.18 Å². The van der Waals surface area contributed by atoms with Crippen LogP contribution in [0.4, 0.5) is 9.18 Å². The number of methoxy groups -OCH3 is 1. The third kappa shape index (κ3) is 4.01. The first-order valence-electron chi connectivity index (χ1n) is 8.92. The molecule has 1 fully saturated rings. The smallest absolute Gasteiger partial charge is 0.411 e. The number of fused-ring (bicyclic) bond motifs is 2. The summed E-state index contributed by atoms with van der Waals surface area (Å²) in [7, 11) is 1.52. The number of nitrogens with zero attached hydrogens (tertiary/aromatic N) is 1. The van der Waals surface area contributed by atoms with Crippen LogP contribution in [0.15, 0.2) is 24.3 Å². The highest BCUT2D eigenvalue weighted by atomic mass is 19.1. The van der Waals surface area contributed by atoms with Crippen LogP contribution in [-0.2, 0) is 9.47 Å². The van der Waals surface area contributed by atoms with E-state index in [1.54, 1.807) is 12.1 Å². The first-order valence-corrected chi connectivity index (χ1v) is 8.92. The number of halogens is 1. The molecule has 2 aliphatic rings. The van der Waals surface area contributed by atoms with E-state index in [-0.39, 0.29) is 30.8 Å². The zero-order valence-corrected chi connectivity index (χ0v) is 15.8. The fraction of sp³-hybridized carbons (Fsp3) is 0.550. The zero-order valence-electron chi connectivity index (χ0n) is 15.8. The molecule has 0 aliphatic carbocycles. The molecule has 0 saturated carbocycles. The van der Waals surface area contributed by atoms with E-state index in [1.807, 2.05) is 31.7 Å². The zero-order chi connectivity index (χ0) is 18.9. The van der Waals surface area contributed by atoms with Gasteiger partial charge in [0.05, 0.1) is 6.04 Å². The fourth-order valence-corrected chi connectivity index (χ4v) is 3.60. The molecule has 3 rings (SSSR count). The van der Waals surface area contributed by atoms with E-state index in [0.717, 1.165) is 18.4 Å². The van der Waals surface area contributed by atoms with Crippen molar-refractivity contribution in [2.75, 3.05) is 13.9 Å². The monoisotopic (exact) mass is 363 g/mol. The second-order valence-corrected chi connectivity index (χ2v) is 7.77. The lowest BCUT2D eigenvalue weighted by Gasteiger charge is -2.35.